The van der Waals surface area contributed by atoms with Gasteiger partial charge in [-0.3, -0.25) is 0 Å². The monoisotopic (exact) mass is 434 g/mol. The molecule has 0 N–H and O–H groups in total. The minimum atomic E-state index is -1.70. The maximum Gasteiger partial charge on any atom is 0.204 e. The van der Waals surface area contributed by atoms with Crippen molar-refractivity contribution in [2.75, 3.05) is 13.2 Å². The molecule has 0 rings (SSSR count). The van der Waals surface area contributed by atoms with Crippen molar-refractivity contribution in [1.82, 2.24) is 0 Å². The predicted octanol–water partition coefficient (Wildman–Crippen LogP) is 7.96. The summed E-state index contributed by atoms with van der Waals surface area (Å²) >= 11 is 2.29. The van der Waals surface area contributed by atoms with Crippen molar-refractivity contribution in [3.63, 3.8) is 0 Å². The number of rotatable bonds is 18. The van der Waals surface area contributed by atoms with E-state index >= 15 is 0 Å². The van der Waals surface area contributed by atoms with E-state index < -0.39 is 16.6 Å². The molecule has 0 aliphatic carbocycles. The molecule has 27 heavy (non-hydrogen) atoms. The second-order valence-corrected chi connectivity index (χ2v) is 19.2. The van der Waals surface area contributed by atoms with Gasteiger partial charge in [-0.05, 0) is 49.9 Å². The summed E-state index contributed by atoms with van der Waals surface area (Å²) in [5, 5.41) is 0. The Morgan fingerprint density at radius 2 is 0.926 bits per heavy atom. The van der Waals surface area contributed by atoms with E-state index in [1.54, 1.807) is 0 Å². The number of unbranched alkanes of at least 4 members (excludes halogenated alkanes) is 2. The lowest BCUT2D eigenvalue weighted by Crippen LogP contribution is -2.53. The van der Waals surface area contributed by atoms with Gasteiger partial charge in [0.05, 0.1) is 0 Å². The highest BCUT2D eigenvalue weighted by Crippen LogP contribution is 2.41. The fourth-order valence-electron chi connectivity index (χ4n) is 4.23. The zero-order valence-electron chi connectivity index (χ0n) is 19.9. The van der Waals surface area contributed by atoms with Crippen molar-refractivity contribution in [3.05, 3.63) is 0 Å². The fraction of sp³-hybridized carbons (Fsp3) is 1.00. The predicted molar refractivity (Wildman–Crippen MR) is 131 cm³/mol. The molecule has 0 spiro atoms. The molecule has 0 aromatic rings. The summed E-state index contributed by atoms with van der Waals surface area (Å²) in [4.78, 5) is 1.41. The van der Waals surface area contributed by atoms with Gasteiger partial charge < -0.3 is 8.85 Å². The van der Waals surface area contributed by atoms with Gasteiger partial charge in [0.25, 0.3) is 0 Å². The van der Waals surface area contributed by atoms with E-state index in [4.69, 9.17) is 8.85 Å². The molecule has 164 valence electrons. The van der Waals surface area contributed by atoms with E-state index in [0.717, 1.165) is 13.2 Å². The van der Waals surface area contributed by atoms with Gasteiger partial charge in [0.1, 0.15) is 0 Å². The van der Waals surface area contributed by atoms with Crippen LogP contribution in [0.4, 0.5) is 0 Å². The number of thioether (sulfide) groups is 1. The number of hydrogen-bond donors (Lipinski definition) is 0. The Morgan fingerprint density at radius 1 is 0.593 bits per heavy atom. The van der Waals surface area contributed by atoms with Crippen molar-refractivity contribution in [2.45, 2.75) is 128 Å². The molecule has 0 saturated carbocycles. The summed E-state index contributed by atoms with van der Waals surface area (Å²) in [6.45, 7) is 20.8. The van der Waals surface area contributed by atoms with Crippen LogP contribution in [-0.2, 0) is 8.85 Å². The van der Waals surface area contributed by atoms with Crippen LogP contribution in [0.25, 0.3) is 0 Å². The molecule has 0 fully saturated rings. The third-order valence-electron chi connectivity index (χ3n) is 6.41. The molecule has 5 heteroatoms. The van der Waals surface area contributed by atoms with Crippen molar-refractivity contribution in [2.24, 2.45) is 0 Å². The smallest absolute Gasteiger partial charge is 0.204 e. The molecule has 2 atom stereocenters. The summed E-state index contributed by atoms with van der Waals surface area (Å²) in [7, 11) is -3.40. The maximum absolute atomic E-state index is 6.74. The van der Waals surface area contributed by atoms with Crippen molar-refractivity contribution >= 4 is 28.4 Å². The van der Waals surface area contributed by atoms with E-state index in [2.05, 4.69) is 67.2 Å². The normalized spacial score (nSPS) is 15.1. The van der Waals surface area contributed by atoms with Gasteiger partial charge in [-0.25, -0.2) is 0 Å². The molecule has 0 aromatic carbocycles. The second-order valence-electron chi connectivity index (χ2n) is 7.88. The Morgan fingerprint density at radius 3 is 1.15 bits per heavy atom. The summed E-state index contributed by atoms with van der Waals surface area (Å²) in [6.07, 6.45) is 7.35. The summed E-state index contributed by atoms with van der Waals surface area (Å²) < 4.78 is 13.5. The molecule has 0 aliphatic heterocycles. The fourth-order valence-corrected chi connectivity index (χ4v) is 17.4. The lowest BCUT2D eigenvalue weighted by molar-refractivity contribution is 0.287. The first-order chi connectivity index (χ1) is 13.0. The minimum absolute atomic E-state index is 0.703. The van der Waals surface area contributed by atoms with Gasteiger partial charge in [-0.15, -0.1) is 0 Å². The topological polar surface area (TPSA) is 18.5 Å². The molecule has 0 aromatic heterocycles. The third kappa shape index (κ3) is 8.15. The van der Waals surface area contributed by atoms with Crippen LogP contribution in [0.15, 0.2) is 0 Å². The van der Waals surface area contributed by atoms with Gasteiger partial charge in [-0.2, -0.15) is 11.8 Å². The van der Waals surface area contributed by atoms with Gasteiger partial charge in [0.2, 0.25) is 16.6 Å². The van der Waals surface area contributed by atoms with Gasteiger partial charge in [0.15, 0.2) is 0 Å². The SMILES string of the molecule is CCCCO[Si](CC)(CC)C(CC)SC(CC)[Si](CC)(CC)OCCCC. The summed E-state index contributed by atoms with van der Waals surface area (Å²) in [5.74, 6) is 0. The quantitative estimate of drug-likeness (QED) is 0.161. The molecule has 0 radical (unpaired) electrons. The average molecular weight is 435 g/mol. The first-order valence-corrected chi connectivity index (χ1v) is 17.7. The molecular formula is C22H50O2SSi2. The molecule has 0 amide bonds. The van der Waals surface area contributed by atoms with Gasteiger partial charge >= 0.3 is 0 Å². The van der Waals surface area contributed by atoms with Crippen molar-refractivity contribution in [3.8, 4) is 0 Å². The first kappa shape index (κ1) is 27.7. The van der Waals surface area contributed by atoms with E-state index in [9.17, 15) is 0 Å². The molecular weight excluding hydrogens is 384 g/mol. The van der Waals surface area contributed by atoms with E-state index in [1.165, 1.54) is 62.7 Å². The zero-order valence-corrected chi connectivity index (χ0v) is 22.7. The standard InChI is InChI=1S/C22H50O2SSi2/c1-9-17-19-23-26(13-5,14-6)21(11-3)25-22(12-4)27(15-7,16-8)24-20-18-10-2/h21-22H,9-20H2,1-8H3. The summed E-state index contributed by atoms with van der Waals surface area (Å²) in [5.41, 5.74) is 0. The average Bonchev–Trinajstić information content (AvgIpc) is 2.71. The first-order valence-electron chi connectivity index (χ1n) is 11.9. The third-order valence-corrected chi connectivity index (χ3v) is 20.6. The number of hydrogen-bond acceptors (Lipinski definition) is 3. The Balaban J connectivity index is 5.45. The van der Waals surface area contributed by atoms with Crippen LogP contribution in [0.5, 0.6) is 0 Å². The van der Waals surface area contributed by atoms with Crippen LogP contribution in [0.2, 0.25) is 24.2 Å². The van der Waals surface area contributed by atoms with Crippen LogP contribution >= 0.6 is 11.8 Å². The lowest BCUT2D eigenvalue weighted by Gasteiger charge is -2.43. The van der Waals surface area contributed by atoms with E-state index in [0.29, 0.717) is 9.75 Å². The zero-order chi connectivity index (χ0) is 20.8. The van der Waals surface area contributed by atoms with Crippen molar-refractivity contribution < 1.29 is 8.85 Å². The van der Waals surface area contributed by atoms with Crippen LogP contribution in [0.1, 0.15) is 93.9 Å². The Hall–Kier alpha value is 0.704. The molecule has 2 nitrogen and oxygen atoms in total. The molecule has 0 bridgehead atoms. The maximum atomic E-state index is 6.74. The van der Waals surface area contributed by atoms with E-state index in [1.807, 2.05) is 0 Å². The summed E-state index contributed by atoms with van der Waals surface area (Å²) in [6, 6.07) is 4.99. The molecule has 0 aliphatic rings. The lowest BCUT2D eigenvalue weighted by atomic mass is 10.4. The largest absolute Gasteiger partial charge is 0.416 e. The molecule has 0 heterocycles. The molecule has 2 unspecified atom stereocenters. The van der Waals surface area contributed by atoms with Crippen LogP contribution in [0.3, 0.4) is 0 Å². The second kappa shape index (κ2) is 15.5. The minimum Gasteiger partial charge on any atom is -0.416 e. The van der Waals surface area contributed by atoms with Crippen LogP contribution in [-0.4, -0.2) is 39.6 Å². The highest BCUT2D eigenvalue weighted by atomic mass is 32.2. The molecule has 0 saturated heterocycles. The Kier molecular flexibility index (Phi) is 15.9. The van der Waals surface area contributed by atoms with E-state index in [-0.39, 0.29) is 0 Å². The Labute approximate surface area is 178 Å². The van der Waals surface area contributed by atoms with Gasteiger partial charge in [0, 0.05) is 23.0 Å². The Bertz CT molecular complexity index is 315. The van der Waals surface area contributed by atoms with Crippen molar-refractivity contribution in [1.29, 1.82) is 0 Å². The highest BCUT2D eigenvalue weighted by Gasteiger charge is 2.46. The van der Waals surface area contributed by atoms with Gasteiger partial charge in [-0.1, -0.05) is 68.2 Å². The highest BCUT2D eigenvalue weighted by molar-refractivity contribution is 8.03. The van der Waals surface area contributed by atoms with Crippen LogP contribution < -0.4 is 0 Å². The van der Waals surface area contributed by atoms with Crippen LogP contribution in [0, 0.1) is 0 Å².